The van der Waals surface area contributed by atoms with Crippen molar-refractivity contribution >= 4 is 5.91 Å². The van der Waals surface area contributed by atoms with Gasteiger partial charge >= 0.3 is 0 Å². The molecule has 3 N–H and O–H groups in total. The third kappa shape index (κ3) is 4.20. The highest BCUT2D eigenvalue weighted by atomic mass is 16.2. The van der Waals surface area contributed by atoms with Gasteiger partial charge in [0.15, 0.2) is 6.04 Å². The van der Waals surface area contributed by atoms with Gasteiger partial charge in [0, 0.05) is 25.3 Å². The lowest BCUT2D eigenvalue weighted by Crippen LogP contribution is -2.89. The number of amides is 1. The fourth-order valence-corrected chi connectivity index (χ4v) is 3.38. The lowest BCUT2D eigenvalue weighted by atomic mass is 9.88. The number of benzene rings is 2. The van der Waals surface area contributed by atoms with Gasteiger partial charge in [-0.3, -0.25) is 4.79 Å². The number of hydrogen-bond acceptors (Lipinski definition) is 1. The minimum absolute atomic E-state index is 0.127. The second kappa shape index (κ2) is 7.93. The van der Waals surface area contributed by atoms with E-state index in [1.54, 1.807) is 0 Å². The normalized spacial score (nSPS) is 17.3. The molecule has 2 aromatic carbocycles. The maximum absolute atomic E-state index is 12.2. The maximum atomic E-state index is 12.2. The molecule has 0 spiro atoms. The smallest absolute Gasteiger partial charge is 0.278 e. The van der Waals surface area contributed by atoms with Crippen LogP contribution in [-0.2, 0) is 4.79 Å². The van der Waals surface area contributed by atoms with Gasteiger partial charge in [-0.1, -0.05) is 60.7 Å². The minimum Gasteiger partial charge on any atom is -0.351 e. The summed E-state index contributed by atoms with van der Waals surface area (Å²) < 4.78 is 0. The molecule has 3 nitrogen and oxygen atoms in total. The van der Waals surface area contributed by atoms with E-state index in [1.165, 1.54) is 11.1 Å². The van der Waals surface area contributed by atoms with E-state index in [9.17, 15) is 4.79 Å². The summed E-state index contributed by atoms with van der Waals surface area (Å²) >= 11 is 0. The van der Waals surface area contributed by atoms with Crippen molar-refractivity contribution < 1.29 is 10.1 Å². The molecule has 1 aliphatic rings. The zero-order valence-electron chi connectivity index (χ0n) is 13.4. The van der Waals surface area contributed by atoms with Crippen LogP contribution in [0.3, 0.4) is 0 Å². The van der Waals surface area contributed by atoms with Crippen molar-refractivity contribution in [2.75, 3.05) is 13.1 Å². The van der Waals surface area contributed by atoms with Crippen molar-refractivity contribution in [3.05, 3.63) is 71.8 Å². The molecule has 0 unspecified atom stereocenters. The van der Waals surface area contributed by atoms with Crippen LogP contribution >= 0.6 is 0 Å². The van der Waals surface area contributed by atoms with E-state index in [4.69, 9.17) is 0 Å². The van der Waals surface area contributed by atoms with Gasteiger partial charge in [0.1, 0.15) is 0 Å². The Morgan fingerprint density at radius 1 is 1.04 bits per heavy atom. The molecule has 1 atom stereocenters. The summed E-state index contributed by atoms with van der Waals surface area (Å²) in [6.45, 7) is 1.80. The van der Waals surface area contributed by atoms with Gasteiger partial charge < -0.3 is 10.6 Å². The van der Waals surface area contributed by atoms with Gasteiger partial charge in [-0.2, -0.15) is 0 Å². The van der Waals surface area contributed by atoms with E-state index in [2.05, 4.69) is 59.2 Å². The molecule has 1 aliphatic heterocycles. The molecule has 120 valence electrons. The van der Waals surface area contributed by atoms with Crippen molar-refractivity contribution in [3.63, 3.8) is 0 Å². The fourth-order valence-electron chi connectivity index (χ4n) is 3.38. The summed E-state index contributed by atoms with van der Waals surface area (Å²) in [7, 11) is 0. The average molecular weight is 309 g/mol. The molecular weight excluding hydrogens is 284 g/mol. The first kappa shape index (κ1) is 15.8. The lowest BCUT2D eigenvalue weighted by Gasteiger charge is -2.19. The van der Waals surface area contributed by atoms with Crippen LogP contribution < -0.4 is 10.6 Å². The van der Waals surface area contributed by atoms with Gasteiger partial charge in [-0.15, -0.1) is 0 Å². The summed E-state index contributed by atoms with van der Waals surface area (Å²) in [5.74, 6) is 0.521. The molecule has 3 rings (SSSR count). The molecule has 1 amide bonds. The van der Waals surface area contributed by atoms with Crippen LogP contribution in [0.15, 0.2) is 60.7 Å². The Morgan fingerprint density at radius 3 is 2.17 bits per heavy atom. The van der Waals surface area contributed by atoms with Gasteiger partial charge in [0.05, 0.1) is 6.54 Å². The first-order chi connectivity index (χ1) is 11.3. The first-order valence-corrected chi connectivity index (χ1v) is 8.55. The number of nitrogens with two attached hydrogens (primary N) is 1. The van der Waals surface area contributed by atoms with Gasteiger partial charge in [0.2, 0.25) is 0 Å². The van der Waals surface area contributed by atoms with Crippen molar-refractivity contribution in [1.29, 1.82) is 0 Å². The minimum atomic E-state index is 0.127. The van der Waals surface area contributed by atoms with Crippen molar-refractivity contribution in [1.82, 2.24) is 5.32 Å². The second-order valence-corrected chi connectivity index (χ2v) is 6.23. The maximum Gasteiger partial charge on any atom is 0.278 e. The molecule has 1 fully saturated rings. The number of quaternary nitrogens is 1. The summed E-state index contributed by atoms with van der Waals surface area (Å²) in [5, 5.41) is 5.28. The predicted molar refractivity (Wildman–Crippen MR) is 92.2 cm³/mol. The molecule has 1 heterocycles. The van der Waals surface area contributed by atoms with Crippen LogP contribution in [0.1, 0.15) is 36.3 Å². The Balaban J connectivity index is 1.64. The molecule has 0 aromatic heterocycles. The van der Waals surface area contributed by atoms with E-state index in [1.807, 2.05) is 12.1 Å². The topological polar surface area (TPSA) is 45.7 Å². The standard InChI is InChI=1S/C20H24N2O/c23-20(19-12-7-14-21-19)22-15-13-18(16-8-3-1-4-9-16)17-10-5-2-6-11-17/h1-6,8-11,18-19,21H,7,12-15H2,(H,22,23)/p+1/t19-/m0/s1. The summed E-state index contributed by atoms with van der Waals surface area (Å²) in [6, 6.07) is 21.2. The van der Waals surface area contributed by atoms with Crippen LogP contribution in [0, 0.1) is 0 Å². The van der Waals surface area contributed by atoms with Crippen LogP contribution in [0.2, 0.25) is 0 Å². The zero-order valence-corrected chi connectivity index (χ0v) is 13.4. The molecule has 0 aliphatic carbocycles. The quantitative estimate of drug-likeness (QED) is 0.843. The SMILES string of the molecule is O=C(NCCC(c1ccccc1)c1ccccc1)[C@@H]1CCC[NH2+]1. The number of carbonyl (C=O) groups excluding carboxylic acids is 1. The molecule has 1 saturated heterocycles. The molecule has 0 saturated carbocycles. The Bertz CT molecular complexity index is 567. The third-order valence-electron chi connectivity index (χ3n) is 4.64. The van der Waals surface area contributed by atoms with E-state index in [0.29, 0.717) is 5.92 Å². The van der Waals surface area contributed by atoms with Crippen molar-refractivity contribution in [2.45, 2.75) is 31.2 Å². The largest absolute Gasteiger partial charge is 0.351 e. The second-order valence-electron chi connectivity index (χ2n) is 6.23. The summed E-state index contributed by atoms with van der Waals surface area (Å²) in [6.07, 6.45) is 3.08. The summed E-state index contributed by atoms with van der Waals surface area (Å²) in [4.78, 5) is 12.2. The van der Waals surface area contributed by atoms with Crippen LogP contribution in [0.25, 0.3) is 0 Å². The van der Waals surface area contributed by atoms with Crippen molar-refractivity contribution in [3.8, 4) is 0 Å². The van der Waals surface area contributed by atoms with E-state index in [0.717, 1.165) is 32.4 Å². The predicted octanol–water partition coefficient (Wildman–Crippen LogP) is 2.05. The van der Waals surface area contributed by atoms with E-state index in [-0.39, 0.29) is 11.9 Å². The van der Waals surface area contributed by atoms with Gasteiger partial charge in [0.25, 0.3) is 5.91 Å². The zero-order chi connectivity index (χ0) is 15.9. The number of rotatable bonds is 6. The van der Waals surface area contributed by atoms with Crippen LogP contribution in [-0.4, -0.2) is 25.0 Å². The van der Waals surface area contributed by atoms with E-state index < -0.39 is 0 Å². The molecule has 0 radical (unpaired) electrons. The van der Waals surface area contributed by atoms with Crippen LogP contribution in [0.4, 0.5) is 0 Å². The molecular formula is C20H25N2O+. The first-order valence-electron chi connectivity index (χ1n) is 8.55. The monoisotopic (exact) mass is 309 g/mol. The Morgan fingerprint density at radius 2 is 1.65 bits per heavy atom. The highest BCUT2D eigenvalue weighted by Crippen LogP contribution is 2.27. The molecule has 0 bridgehead atoms. The number of nitrogens with one attached hydrogen (secondary N) is 1. The Labute approximate surface area is 138 Å². The average Bonchev–Trinajstić information content (AvgIpc) is 3.15. The fraction of sp³-hybridized carbons (Fsp3) is 0.350. The van der Waals surface area contributed by atoms with Gasteiger partial charge in [-0.25, -0.2) is 0 Å². The molecule has 23 heavy (non-hydrogen) atoms. The van der Waals surface area contributed by atoms with Gasteiger partial charge in [-0.05, 0) is 17.5 Å². The summed E-state index contributed by atoms with van der Waals surface area (Å²) in [5.41, 5.74) is 2.61. The molecule has 3 heteroatoms. The molecule has 2 aromatic rings. The van der Waals surface area contributed by atoms with Crippen LogP contribution in [0.5, 0.6) is 0 Å². The van der Waals surface area contributed by atoms with E-state index >= 15 is 0 Å². The van der Waals surface area contributed by atoms with Crippen molar-refractivity contribution in [2.24, 2.45) is 0 Å². The highest BCUT2D eigenvalue weighted by molar-refractivity contribution is 5.80. The Kier molecular flexibility index (Phi) is 5.43. The number of hydrogen-bond donors (Lipinski definition) is 2. The Hall–Kier alpha value is -2.13. The third-order valence-corrected chi connectivity index (χ3v) is 4.64. The number of carbonyl (C=O) groups is 1. The highest BCUT2D eigenvalue weighted by Gasteiger charge is 2.26. The lowest BCUT2D eigenvalue weighted by molar-refractivity contribution is -0.657.